The molecular formula is C11H18N4O2. The molecule has 2 aliphatic rings. The second-order valence-corrected chi connectivity index (χ2v) is 4.66. The minimum atomic E-state index is 0.673. The van der Waals surface area contributed by atoms with E-state index in [0.717, 1.165) is 38.8 Å². The summed E-state index contributed by atoms with van der Waals surface area (Å²) < 4.78 is 10.5. The quantitative estimate of drug-likeness (QED) is 0.801. The van der Waals surface area contributed by atoms with Gasteiger partial charge in [-0.2, -0.15) is 4.98 Å². The summed E-state index contributed by atoms with van der Waals surface area (Å²) in [5.41, 5.74) is 0. The summed E-state index contributed by atoms with van der Waals surface area (Å²) in [6.07, 6.45) is 2.71. The van der Waals surface area contributed by atoms with Crippen LogP contribution in [0, 0.1) is 5.92 Å². The molecule has 0 aromatic carbocycles. The maximum Gasteiger partial charge on any atom is 0.266 e. The minimum Gasteiger partial charge on any atom is -0.378 e. The molecule has 1 aromatic rings. The fourth-order valence-corrected chi connectivity index (χ4v) is 1.91. The summed E-state index contributed by atoms with van der Waals surface area (Å²) >= 11 is 0. The molecular weight excluding hydrogens is 220 g/mol. The average molecular weight is 238 g/mol. The molecule has 1 saturated heterocycles. The Morgan fingerprint density at radius 2 is 2.12 bits per heavy atom. The normalized spacial score (nSPS) is 20.8. The molecule has 1 N–H and O–H groups in total. The van der Waals surface area contributed by atoms with Crippen LogP contribution in [0.1, 0.15) is 18.7 Å². The van der Waals surface area contributed by atoms with Crippen molar-refractivity contribution in [3.8, 4) is 0 Å². The van der Waals surface area contributed by atoms with Crippen LogP contribution in [0.5, 0.6) is 0 Å². The Bertz CT molecular complexity index is 358. The summed E-state index contributed by atoms with van der Waals surface area (Å²) in [6, 6.07) is 0. The number of rotatable bonds is 5. The van der Waals surface area contributed by atoms with E-state index < -0.39 is 0 Å². The number of hydrogen-bond acceptors (Lipinski definition) is 6. The monoisotopic (exact) mass is 238 g/mol. The minimum absolute atomic E-state index is 0.673. The molecule has 2 fully saturated rings. The summed E-state index contributed by atoms with van der Waals surface area (Å²) in [4.78, 5) is 6.48. The van der Waals surface area contributed by atoms with Gasteiger partial charge in [0.05, 0.1) is 19.8 Å². The highest BCUT2D eigenvalue weighted by molar-refractivity contribution is 5.27. The molecule has 0 bridgehead atoms. The maximum atomic E-state index is 5.29. The van der Waals surface area contributed by atoms with E-state index in [9.17, 15) is 0 Å². The summed E-state index contributed by atoms with van der Waals surface area (Å²) in [6.45, 7) is 4.90. The number of hydrogen-bond donors (Lipinski definition) is 1. The predicted octanol–water partition coefficient (Wildman–Crippen LogP) is 0.406. The van der Waals surface area contributed by atoms with Crippen molar-refractivity contribution >= 4 is 5.95 Å². The predicted molar refractivity (Wildman–Crippen MR) is 61.8 cm³/mol. The highest BCUT2D eigenvalue weighted by atomic mass is 16.5. The number of nitrogens with one attached hydrogen (secondary N) is 1. The zero-order chi connectivity index (χ0) is 11.5. The van der Waals surface area contributed by atoms with Gasteiger partial charge in [0, 0.05) is 13.1 Å². The van der Waals surface area contributed by atoms with Crippen molar-refractivity contribution in [3.63, 3.8) is 0 Å². The van der Waals surface area contributed by atoms with Crippen molar-refractivity contribution in [2.45, 2.75) is 19.4 Å². The van der Waals surface area contributed by atoms with Gasteiger partial charge in [-0.1, -0.05) is 0 Å². The number of nitrogens with zero attached hydrogens (tertiary/aromatic N) is 3. The third-order valence-corrected chi connectivity index (χ3v) is 3.16. The van der Waals surface area contributed by atoms with Crippen LogP contribution in [0.15, 0.2) is 4.52 Å². The lowest BCUT2D eigenvalue weighted by Crippen LogP contribution is -2.36. The molecule has 2 heterocycles. The first-order chi connectivity index (χ1) is 8.42. The van der Waals surface area contributed by atoms with Crippen molar-refractivity contribution in [1.29, 1.82) is 0 Å². The molecule has 6 heteroatoms. The van der Waals surface area contributed by atoms with Crippen LogP contribution in [0.3, 0.4) is 0 Å². The van der Waals surface area contributed by atoms with E-state index in [1.807, 2.05) is 0 Å². The van der Waals surface area contributed by atoms with Gasteiger partial charge in [-0.15, -0.1) is 0 Å². The van der Waals surface area contributed by atoms with E-state index in [-0.39, 0.29) is 0 Å². The molecule has 0 atom stereocenters. The van der Waals surface area contributed by atoms with Crippen LogP contribution < -0.4 is 10.2 Å². The van der Waals surface area contributed by atoms with E-state index in [4.69, 9.17) is 9.26 Å². The molecule has 1 aliphatic carbocycles. The van der Waals surface area contributed by atoms with Crippen molar-refractivity contribution in [2.24, 2.45) is 5.92 Å². The van der Waals surface area contributed by atoms with Crippen LogP contribution in [0.25, 0.3) is 0 Å². The van der Waals surface area contributed by atoms with Gasteiger partial charge in [0.25, 0.3) is 5.95 Å². The fraction of sp³-hybridized carbons (Fsp3) is 0.818. The van der Waals surface area contributed by atoms with Gasteiger partial charge in [0.15, 0.2) is 0 Å². The van der Waals surface area contributed by atoms with Crippen LogP contribution in [-0.4, -0.2) is 43.0 Å². The zero-order valence-electron chi connectivity index (χ0n) is 9.89. The molecule has 1 saturated carbocycles. The second kappa shape index (κ2) is 5.01. The van der Waals surface area contributed by atoms with E-state index >= 15 is 0 Å². The highest BCUT2D eigenvalue weighted by Crippen LogP contribution is 2.27. The van der Waals surface area contributed by atoms with Crippen molar-refractivity contribution in [2.75, 3.05) is 37.7 Å². The number of anilines is 1. The molecule has 1 aliphatic heterocycles. The molecule has 3 rings (SSSR count). The van der Waals surface area contributed by atoms with Crippen LogP contribution >= 0.6 is 0 Å². The smallest absolute Gasteiger partial charge is 0.266 e. The Labute approximate surface area is 100 Å². The molecule has 0 amide bonds. The van der Waals surface area contributed by atoms with Gasteiger partial charge in [-0.25, -0.2) is 0 Å². The Morgan fingerprint density at radius 1 is 1.29 bits per heavy atom. The van der Waals surface area contributed by atoms with E-state index in [1.165, 1.54) is 12.8 Å². The topological polar surface area (TPSA) is 63.4 Å². The highest BCUT2D eigenvalue weighted by Gasteiger charge is 2.21. The van der Waals surface area contributed by atoms with Gasteiger partial charge in [0.2, 0.25) is 5.89 Å². The molecule has 1 aromatic heterocycles. The lowest BCUT2D eigenvalue weighted by Gasteiger charge is -2.24. The van der Waals surface area contributed by atoms with E-state index in [0.29, 0.717) is 18.4 Å². The summed E-state index contributed by atoms with van der Waals surface area (Å²) in [5, 5.41) is 7.34. The SMILES string of the molecule is C1CN(c2noc(CNCC3CC3)n2)CCO1. The van der Waals surface area contributed by atoms with Gasteiger partial charge >= 0.3 is 0 Å². The first-order valence-corrected chi connectivity index (χ1v) is 6.28. The Morgan fingerprint density at radius 3 is 2.88 bits per heavy atom. The van der Waals surface area contributed by atoms with Crippen LogP contribution in [-0.2, 0) is 11.3 Å². The Kier molecular flexibility index (Phi) is 3.24. The molecule has 0 unspecified atom stereocenters. The summed E-state index contributed by atoms with van der Waals surface area (Å²) in [7, 11) is 0. The van der Waals surface area contributed by atoms with Gasteiger partial charge in [-0.3, -0.25) is 0 Å². The largest absolute Gasteiger partial charge is 0.378 e. The van der Waals surface area contributed by atoms with Crippen LogP contribution in [0.4, 0.5) is 5.95 Å². The molecule has 0 spiro atoms. The van der Waals surface area contributed by atoms with E-state index in [1.54, 1.807) is 0 Å². The van der Waals surface area contributed by atoms with Gasteiger partial charge in [-0.05, 0) is 30.5 Å². The van der Waals surface area contributed by atoms with Gasteiger partial charge in [0.1, 0.15) is 0 Å². The second-order valence-electron chi connectivity index (χ2n) is 4.66. The molecule has 17 heavy (non-hydrogen) atoms. The third-order valence-electron chi connectivity index (χ3n) is 3.16. The maximum absolute atomic E-state index is 5.29. The lowest BCUT2D eigenvalue weighted by molar-refractivity contribution is 0.121. The number of aromatic nitrogens is 2. The lowest BCUT2D eigenvalue weighted by atomic mass is 10.4. The Balaban J connectivity index is 1.49. The Hall–Kier alpha value is -1.14. The van der Waals surface area contributed by atoms with Crippen molar-refractivity contribution in [3.05, 3.63) is 5.89 Å². The first kappa shape index (κ1) is 11.0. The van der Waals surface area contributed by atoms with Gasteiger partial charge < -0.3 is 19.5 Å². The van der Waals surface area contributed by atoms with Crippen molar-refractivity contribution < 1.29 is 9.26 Å². The standard InChI is InChI=1S/C11H18N4O2/c1-2-9(1)7-12-8-10-13-11(14-17-10)15-3-5-16-6-4-15/h9,12H,1-8H2. The molecule has 94 valence electrons. The first-order valence-electron chi connectivity index (χ1n) is 6.28. The van der Waals surface area contributed by atoms with Crippen molar-refractivity contribution in [1.82, 2.24) is 15.5 Å². The van der Waals surface area contributed by atoms with Crippen LogP contribution in [0.2, 0.25) is 0 Å². The molecule has 6 nitrogen and oxygen atoms in total. The van der Waals surface area contributed by atoms with E-state index in [2.05, 4.69) is 20.4 Å². The average Bonchev–Trinajstić information content (AvgIpc) is 3.07. The fourth-order valence-electron chi connectivity index (χ4n) is 1.91. The third kappa shape index (κ3) is 2.95. The summed E-state index contributed by atoms with van der Waals surface area (Å²) in [5.74, 6) is 2.24. The number of morpholine rings is 1. The number of ether oxygens (including phenoxy) is 1. The zero-order valence-corrected chi connectivity index (χ0v) is 9.89. The molecule has 0 radical (unpaired) electrons.